The lowest BCUT2D eigenvalue weighted by atomic mass is 10.1. The number of thioether (sulfide) groups is 1. The zero-order chi connectivity index (χ0) is 20.9. The van der Waals surface area contributed by atoms with Crippen LogP contribution in [0.1, 0.15) is 15.9 Å². The van der Waals surface area contributed by atoms with Crippen LogP contribution in [0.15, 0.2) is 46.8 Å². The summed E-state index contributed by atoms with van der Waals surface area (Å²) in [6.45, 7) is 2.88. The summed E-state index contributed by atoms with van der Waals surface area (Å²) in [6.07, 6.45) is 0. The number of amides is 2. The number of benzene rings is 2. The van der Waals surface area contributed by atoms with E-state index in [1.54, 1.807) is 24.3 Å². The quantitative estimate of drug-likeness (QED) is 0.444. The minimum absolute atomic E-state index is 0.162. The van der Waals surface area contributed by atoms with Gasteiger partial charge in [0.25, 0.3) is 5.91 Å². The van der Waals surface area contributed by atoms with Crippen LogP contribution in [0.2, 0.25) is 0 Å². The largest absolute Gasteiger partial charge is 0.486 e. The van der Waals surface area contributed by atoms with Gasteiger partial charge in [-0.3, -0.25) is 14.9 Å². The average molecular weight is 443 g/mol. The molecule has 0 saturated heterocycles. The van der Waals surface area contributed by atoms with Crippen molar-refractivity contribution in [3.8, 4) is 11.5 Å². The number of hydrogen-bond donors (Lipinski definition) is 2. The first kappa shape index (κ1) is 20.2. The third-order valence-corrected chi connectivity index (χ3v) is 6.14. The van der Waals surface area contributed by atoms with Crippen LogP contribution < -0.4 is 20.1 Å². The fraction of sp³-hybridized carbons (Fsp3) is 0.200. The van der Waals surface area contributed by atoms with E-state index in [2.05, 4.69) is 20.8 Å². The number of carbonyl (C=O) groups is 2. The van der Waals surface area contributed by atoms with Gasteiger partial charge in [0.1, 0.15) is 13.2 Å². The summed E-state index contributed by atoms with van der Waals surface area (Å²) < 4.78 is 11.6. The molecular weight excluding hydrogens is 424 g/mol. The lowest BCUT2D eigenvalue weighted by Crippen LogP contribution is -2.17. The smallest absolute Gasteiger partial charge is 0.257 e. The number of fused-ring (bicyclic) bond motifs is 1. The Morgan fingerprint density at radius 2 is 1.87 bits per heavy atom. The van der Waals surface area contributed by atoms with Gasteiger partial charge in [0.2, 0.25) is 11.0 Å². The van der Waals surface area contributed by atoms with Gasteiger partial charge in [-0.1, -0.05) is 41.3 Å². The number of rotatable bonds is 6. The lowest BCUT2D eigenvalue weighted by Gasteiger charge is -2.18. The highest BCUT2D eigenvalue weighted by Gasteiger charge is 2.15. The minimum Gasteiger partial charge on any atom is -0.486 e. The number of aryl methyl sites for hydroxylation is 1. The van der Waals surface area contributed by atoms with Crippen molar-refractivity contribution in [3.05, 3.63) is 53.6 Å². The van der Waals surface area contributed by atoms with Crippen molar-refractivity contribution in [2.45, 2.75) is 11.3 Å². The van der Waals surface area contributed by atoms with Gasteiger partial charge in [0, 0.05) is 17.3 Å². The molecule has 3 aromatic rings. The molecule has 2 N–H and O–H groups in total. The van der Waals surface area contributed by atoms with E-state index < -0.39 is 0 Å². The van der Waals surface area contributed by atoms with E-state index in [0.29, 0.717) is 45.4 Å². The Kier molecular flexibility index (Phi) is 6.15. The Morgan fingerprint density at radius 1 is 1.07 bits per heavy atom. The number of nitrogens with zero attached hydrogens (tertiary/aromatic N) is 2. The second-order valence-corrected chi connectivity index (χ2v) is 8.54. The molecule has 0 aliphatic carbocycles. The molecule has 1 aliphatic rings. The maximum absolute atomic E-state index is 12.4. The van der Waals surface area contributed by atoms with Crippen molar-refractivity contribution in [2.75, 3.05) is 29.6 Å². The van der Waals surface area contributed by atoms with Crippen LogP contribution in [0.25, 0.3) is 0 Å². The summed E-state index contributed by atoms with van der Waals surface area (Å²) in [5.74, 6) is 1.02. The SMILES string of the molecule is Cc1ccccc1C(=O)Nc1nnc(SCC(=O)Nc2ccc3c(c2)OCCO3)s1. The van der Waals surface area contributed by atoms with Crippen molar-refractivity contribution >= 4 is 45.7 Å². The molecule has 1 aromatic heterocycles. The molecule has 0 saturated carbocycles. The van der Waals surface area contributed by atoms with Gasteiger partial charge < -0.3 is 14.8 Å². The van der Waals surface area contributed by atoms with E-state index in [1.165, 1.54) is 23.1 Å². The molecule has 1 aliphatic heterocycles. The van der Waals surface area contributed by atoms with E-state index in [-0.39, 0.29) is 17.6 Å². The molecule has 10 heteroatoms. The Hall–Kier alpha value is -3.11. The second-order valence-electron chi connectivity index (χ2n) is 6.34. The molecule has 4 rings (SSSR count). The first-order valence-electron chi connectivity index (χ1n) is 9.11. The molecule has 0 spiro atoms. The summed E-state index contributed by atoms with van der Waals surface area (Å²) in [5.41, 5.74) is 2.10. The highest BCUT2D eigenvalue weighted by atomic mass is 32.2. The Balaban J connectivity index is 1.29. The lowest BCUT2D eigenvalue weighted by molar-refractivity contribution is -0.113. The van der Waals surface area contributed by atoms with Crippen LogP contribution in [-0.2, 0) is 4.79 Å². The first-order chi connectivity index (χ1) is 14.6. The predicted octanol–water partition coefficient (Wildman–Crippen LogP) is 3.60. The van der Waals surface area contributed by atoms with Gasteiger partial charge in [-0.05, 0) is 30.7 Å². The molecule has 154 valence electrons. The van der Waals surface area contributed by atoms with Gasteiger partial charge in [-0.2, -0.15) is 0 Å². The zero-order valence-electron chi connectivity index (χ0n) is 16.0. The molecule has 2 aromatic carbocycles. The first-order valence-corrected chi connectivity index (χ1v) is 10.9. The molecule has 0 fully saturated rings. The molecule has 0 atom stereocenters. The van der Waals surface area contributed by atoms with Crippen molar-refractivity contribution in [2.24, 2.45) is 0 Å². The number of ether oxygens (including phenoxy) is 2. The van der Waals surface area contributed by atoms with Crippen LogP contribution in [0.3, 0.4) is 0 Å². The Morgan fingerprint density at radius 3 is 2.70 bits per heavy atom. The molecule has 0 bridgehead atoms. The molecule has 30 heavy (non-hydrogen) atoms. The van der Waals surface area contributed by atoms with Crippen LogP contribution in [0, 0.1) is 6.92 Å². The van der Waals surface area contributed by atoms with Crippen LogP contribution in [0.4, 0.5) is 10.8 Å². The van der Waals surface area contributed by atoms with Gasteiger partial charge in [-0.15, -0.1) is 10.2 Å². The predicted molar refractivity (Wildman–Crippen MR) is 116 cm³/mol. The fourth-order valence-electron chi connectivity index (χ4n) is 2.76. The van der Waals surface area contributed by atoms with Crippen molar-refractivity contribution < 1.29 is 19.1 Å². The molecular formula is C20H18N4O4S2. The summed E-state index contributed by atoms with van der Waals surface area (Å²) in [6, 6.07) is 12.6. The van der Waals surface area contributed by atoms with E-state index in [1.807, 2.05) is 25.1 Å². The molecule has 8 nitrogen and oxygen atoms in total. The molecule has 0 radical (unpaired) electrons. The van der Waals surface area contributed by atoms with E-state index >= 15 is 0 Å². The summed E-state index contributed by atoms with van der Waals surface area (Å²) >= 11 is 2.47. The fourth-order valence-corrected chi connectivity index (χ4v) is 4.30. The van der Waals surface area contributed by atoms with E-state index in [0.717, 1.165) is 5.56 Å². The number of nitrogens with one attached hydrogen (secondary N) is 2. The number of carbonyl (C=O) groups excluding carboxylic acids is 2. The third-order valence-electron chi connectivity index (χ3n) is 4.17. The summed E-state index contributed by atoms with van der Waals surface area (Å²) in [4.78, 5) is 24.6. The van der Waals surface area contributed by atoms with Gasteiger partial charge in [0.15, 0.2) is 15.8 Å². The maximum atomic E-state index is 12.4. The number of hydrogen-bond acceptors (Lipinski definition) is 8. The number of anilines is 2. The minimum atomic E-state index is -0.239. The molecule has 2 heterocycles. The molecule has 0 unspecified atom stereocenters. The Bertz CT molecular complexity index is 1090. The van der Waals surface area contributed by atoms with Crippen LogP contribution >= 0.6 is 23.1 Å². The maximum Gasteiger partial charge on any atom is 0.257 e. The monoisotopic (exact) mass is 442 g/mol. The van der Waals surface area contributed by atoms with Gasteiger partial charge in [-0.25, -0.2) is 0 Å². The van der Waals surface area contributed by atoms with Crippen molar-refractivity contribution in [3.63, 3.8) is 0 Å². The Labute approximate surface area is 181 Å². The third kappa shape index (κ3) is 4.89. The average Bonchev–Trinajstić information content (AvgIpc) is 3.20. The highest BCUT2D eigenvalue weighted by Crippen LogP contribution is 2.33. The summed E-state index contributed by atoms with van der Waals surface area (Å²) in [5, 5.41) is 13.9. The topological polar surface area (TPSA) is 102 Å². The standard InChI is InChI=1S/C20H18N4O4S2/c1-12-4-2-3-5-14(12)18(26)22-19-23-24-20(30-19)29-11-17(25)21-13-6-7-15-16(10-13)28-9-8-27-15/h2-7,10H,8-9,11H2,1H3,(H,21,25)(H,22,23,26). The van der Waals surface area contributed by atoms with Crippen molar-refractivity contribution in [1.29, 1.82) is 0 Å². The normalized spacial score (nSPS) is 12.3. The summed E-state index contributed by atoms with van der Waals surface area (Å²) in [7, 11) is 0. The van der Waals surface area contributed by atoms with Crippen LogP contribution in [-0.4, -0.2) is 41.0 Å². The second kappa shape index (κ2) is 9.14. The zero-order valence-corrected chi connectivity index (χ0v) is 17.6. The van der Waals surface area contributed by atoms with Gasteiger partial charge >= 0.3 is 0 Å². The van der Waals surface area contributed by atoms with E-state index in [9.17, 15) is 9.59 Å². The van der Waals surface area contributed by atoms with Crippen LogP contribution in [0.5, 0.6) is 11.5 Å². The van der Waals surface area contributed by atoms with Gasteiger partial charge in [0.05, 0.1) is 5.75 Å². The molecule has 2 amide bonds. The highest BCUT2D eigenvalue weighted by molar-refractivity contribution is 8.01. The van der Waals surface area contributed by atoms with Crippen molar-refractivity contribution in [1.82, 2.24) is 10.2 Å². The number of aromatic nitrogens is 2. The van der Waals surface area contributed by atoms with E-state index in [4.69, 9.17) is 9.47 Å².